The van der Waals surface area contributed by atoms with Gasteiger partial charge in [0.25, 0.3) is 0 Å². The first-order valence-electron chi connectivity index (χ1n) is 7.17. The Hall–Kier alpha value is 1.03. The smallest absolute Gasteiger partial charge is 0 e. The summed E-state index contributed by atoms with van der Waals surface area (Å²) in [5.74, 6) is 0. The van der Waals surface area contributed by atoms with Crippen molar-refractivity contribution in [2.45, 2.75) is 89.5 Å². The molecule has 2 nitrogen and oxygen atoms in total. The Morgan fingerprint density at radius 1 is 0.696 bits per heavy atom. The van der Waals surface area contributed by atoms with Gasteiger partial charge in [0.2, 0.25) is 0 Å². The van der Waals surface area contributed by atoms with Gasteiger partial charge in [-0.05, 0) is 0 Å². The average Bonchev–Trinajstić information content (AvgIpc) is 2.48. The fraction of sp³-hybridized carbons (Fsp3) is 0.684. The minimum absolute atomic E-state index is 0. The molecule has 0 unspecified atom stereocenters. The van der Waals surface area contributed by atoms with E-state index in [1.165, 1.54) is 18.8 Å². The summed E-state index contributed by atoms with van der Waals surface area (Å²) in [6.07, 6.45) is 10.6. The molecule has 0 saturated heterocycles. The molecule has 0 aliphatic rings. The zero-order chi connectivity index (χ0) is 16.4. The second-order valence-electron chi connectivity index (χ2n) is 2.29. The molecule has 0 amide bonds. The van der Waals surface area contributed by atoms with E-state index in [4.69, 9.17) is 13.2 Å². The van der Waals surface area contributed by atoms with Gasteiger partial charge in [-0.15, -0.1) is 0 Å². The fourth-order valence-electron chi connectivity index (χ4n) is 0.288. The van der Waals surface area contributed by atoms with Crippen LogP contribution in [0, 0.1) is 13.2 Å². The Bertz CT molecular complexity index is 151. The van der Waals surface area contributed by atoms with Crippen molar-refractivity contribution in [2.24, 2.45) is 9.98 Å². The molecule has 0 aliphatic carbocycles. The van der Waals surface area contributed by atoms with Crippen LogP contribution in [-0.4, -0.2) is 12.4 Å². The van der Waals surface area contributed by atoms with Gasteiger partial charge in [0.05, 0.1) is 0 Å². The van der Waals surface area contributed by atoms with Gasteiger partial charge in [-0.1, -0.05) is 89.5 Å². The van der Waals surface area contributed by atoms with Crippen LogP contribution in [-0.2, 0) is 65.4 Å². The minimum atomic E-state index is 0. The Morgan fingerprint density at radius 3 is 0.913 bits per heavy atom. The third-order valence-corrected chi connectivity index (χ3v) is 0.648. The summed E-state index contributed by atoms with van der Waals surface area (Å²) < 4.78 is 0. The SMILES string of the molecule is C.C.CC.CC.CCC.[CH-]=CN=[C-]CC.[CH-]=CN=[C-]CC.[Y].[Y]. The molecule has 0 bridgehead atoms. The second kappa shape index (κ2) is 111. The first-order chi connectivity index (χ1) is 9.24. The average molecular weight is 476 g/mol. The molecular weight excluding hydrogens is 434 g/mol. The van der Waals surface area contributed by atoms with E-state index in [0.717, 1.165) is 12.8 Å². The van der Waals surface area contributed by atoms with Gasteiger partial charge in [0.1, 0.15) is 0 Å². The Kier molecular flexibility index (Phi) is 273. The molecule has 0 aromatic heterocycles. The molecular formula is C19H42N2Y2-4. The second-order valence-corrected chi connectivity index (χ2v) is 2.29. The topological polar surface area (TPSA) is 24.7 Å². The molecule has 4 heteroatoms. The molecule has 23 heavy (non-hydrogen) atoms. The number of hydrogen-bond acceptors (Lipinski definition) is 2. The van der Waals surface area contributed by atoms with Crippen LogP contribution in [0.4, 0.5) is 0 Å². The normalized spacial score (nSPS) is 6.26. The summed E-state index contributed by atoms with van der Waals surface area (Å²) in [5, 5.41) is 0. The fourth-order valence-corrected chi connectivity index (χ4v) is 0.288. The molecule has 0 aliphatic heterocycles. The molecule has 0 N–H and O–H groups in total. The van der Waals surface area contributed by atoms with Crippen molar-refractivity contribution in [3.8, 4) is 0 Å². The van der Waals surface area contributed by atoms with Crippen LogP contribution < -0.4 is 0 Å². The maximum absolute atomic E-state index is 4.86. The van der Waals surface area contributed by atoms with Crippen molar-refractivity contribution in [2.75, 3.05) is 0 Å². The van der Waals surface area contributed by atoms with Crippen LogP contribution in [0.2, 0.25) is 0 Å². The van der Waals surface area contributed by atoms with Crippen molar-refractivity contribution in [3.63, 3.8) is 0 Å². The van der Waals surface area contributed by atoms with E-state index in [2.05, 4.69) is 36.3 Å². The standard InChI is InChI=1S/2C5H7N.C3H8.2C2H6.2CH4.2Y/c2*1-3-5-6-4-2;1-3-2;2*1-2;;;;/h2*2,4H,3H2,1H3;3H2,1-2H3;2*1-2H3;2*1H4;;/q2*-2;;;;;;;. The van der Waals surface area contributed by atoms with E-state index in [9.17, 15) is 0 Å². The third-order valence-electron chi connectivity index (χ3n) is 0.648. The van der Waals surface area contributed by atoms with Crippen molar-refractivity contribution >= 4 is 12.4 Å². The van der Waals surface area contributed by atoms with Crippen LogP contribution in [0.1, 0.15) is 89.5 Å². The molecule has 0 rings (SSSR count). The zero-order valence-corrected chi connectivity index (χ0v) is 21.2. The van der Waals surface area contributed by atoms with Crippen LogP contribution in [0.3, 0.4) is 0 Å². The number of rotatable bonds is 4. The molecule has 0 aromatic carbocycles. The quantitative estimate of drug-likeness (QED) is 0.300. The van der Waals surface area contributed by atoms with Crippen LogP contribution >= 0.6 is 0 Å². The molecule has 0 atom stereocenters. The van der Waals surface area contributed by atoms with E-state index in [1.54, 1.807) is 0 Å². The van der Waals surface area contributed by atoms with E-state index >= 15 is 0 Å². The van der Waals surface area contributed by atoms with Crippen molar-refractivity contribution in [1.82, 2.24) is 0 Å². The molecule has 138 valence electrons. The molecule has 0 heterocycles. The molecule has 0 fully saturated rings. The summed E-state index contributed by atoms with van der Waals surface area (Å²) >= 11 is 0. The van der Waals surface area contributed by atoms with Crippen LogP contribution in [0.15, 0.2) is 22.4 Å². The first kappa shape index (κ1) is 56.4. The Labute approximate surface area is 201 Å². The maximum Gasteiger partial charge on any atom is 0 e. The third kappa shape index (κ3) is 206. The predicted molar refractivity (Wildman–Crippen MR) is 105 cm³/mol. The Balaban J connectivity index is -0.0000000157. The summed E-state index contributed by atoms with van der Waals surface area (Å²) in [5.41, 5.74) is 0. The van der Waals surface area contributed by atoms with Crippen molar-refractivity contribution in [1.29, 1.82) is 0 Å². The van der Waals surface area contributed by atoms with Gasteiger partial charge in [0, 0.05) is 65.4 Å². The Morgan fingerprint density at radius 2 is 0.870 bits per heavy atom. The van der Waals surface area contributed by atoms with Gasteiger partial charge >= 0.3 is 0 Å². The van der Waals surface area contributed by atoms with Gasteiger partial charge in [-0.2, -0.15) is 12.4 Å². The zero-order valence-electron chi connectivity index (χ0n) is 15.5. The van der Waals surface area contributed by atoms with E-state index in [1.807, 2.05) is 41.5 Å². The number of hydrogen-bond donors (Lipinski definition) is 0. The van der Waals surface area contributed by atoms with Gasteiger partial charge in [0.15, 0.2) is 0 Å². The minimum Gasteiger partial charge on any atom is -0.601 e. The van der Waals surface area contributed by atoms with Crippen LogP contribution in [0.25, 0.3) is 0 Å². The summed E-state index contributed by atoms with van der Waals surface area (Å²) in [6.45, 7) is 25.9. The van der Waals surface area contributed by atoms with E-state index in [0.29, 0.717) is 0 Å². The molecule has 0 saturated carbocycles. The maximum atomic E-state index is 4.86. The van der Waals surface area contributed by atoms with E-state index < -0.39 is 0 Å². The molecule has 0 aromatic rings. The first-order valence-corrected chi connectivity index (χ1v) is 7.17. The largest absolute Gasteiger partial charge is 0.601 e. The van der Waals surface area contributed by atoms with Crippen LogP contribution in [0.5, 0.6) is 0 Å². The number of nitrogens with zero attached hydrogens (tertiary/aromatic N) is 2. The van der Waals surface area contributed by atoms with Crippen molar-refractivity contribution in [3.05, 3.63) is 25.6 Å². The summed E-state index contributed by atoms with van der Waals surface area (Å²) in [7, 11) is 0. The molecule has 2 radical (unpaired) electrons. The van der Waals surface area contributed by atoms with Gasteiger partial charge in [-0.25, -0.2) is 0 Å². The van der Waals surface area contributed by atoms with Gasteiger partial charge in [-0.3, -0.25) is 0 Å². The monoisotopic (exact) mass is 476 g/mol. The number of aliphatic imine (C=N–C) groups is 2. The summed E-state index contributed by atoms with van der Waals surface area (Å²) in [4.78, 5) is 6.99. The van der Waals surface area contributed by atoms with Gasteiger partial charge < -0.3 is 35.5 Å². The van der Waals surface area contributed by atoms with Crippen molar-refractivity contribution < 1.29 is 65.4 Å². The van der Waals surface area contributed by atoms with E-state index in [-0.39, 0.29) is 80.3 Å². The summed E-state index contributed by atoms with van der Waals surface area (Å²) in [6, 6.07) is 0. The molecule has 0 spiro atoms. The predicted octanol–water partition coefficient (Wildman–Crippen LogP) is 7.32.